The van der Waals surface area contributed by atoms with Crippen LogP contribution in [0.25, 0.3) is 0 Å². The molecule has 2 aromatic rings. The first kappa shape index (κ1) is 12.6. The number of aliphatic hydroxyl groups excluding tert-OH is 1. The standard InChI is InChI=1S/C15H18N2O/c1-11-4-6-13(7-5-11)17(3)14-8-9-15(12(2)18)16-10-14/h4-10,12,18H,1-3H3. The Kier molecular flexibility index (Phi) is 3.63. The molecule has 0 amide bonds. The predicted molar refractivity (Wildman–Crippen MR) is 74.1 cm³/mol. The second-order valence-electron chi connectivity index (χ2n) is 4.51. The molecule has 0 aliphatic carbocycles. The second kappa shape index (κ2) is 5.19. The van der Waals surface area contributed by atoms with E-state index in [2.05, 4.69) is 41.1 Å². The zero-order chi connectivity index (χ0) is 13.1. The zero-order valence-corrected chi connectivity index (χ0v) is 11.0. The predicted octanol–water partition coefficient (Wildman–Crippen LogP) is 3.21. The lowest BCUT2D eigenvalue weighted by atomic mass is 10.2. The van der Waals surface area contributed by atoms with Gasteiger partial charge in [-0.05, 0) is 38.1 Å². The number of nitrogens with zero attached hydrogens (tertiary/aromatic N) is 2. The normalized spacial score (nSPS) is 12.2. The van der Waals surface area contributed by atoms with Crippen LogP contribution >= 0.6 is 0 Å². The summed E-state index contributed by atoms with van der Waals surface area (Å²) in [5.41, 5.74) is 4.06. The summed E-state index contributed by atoms with van der Waals surface area (Å²) in [4.78, 5) is 6.32. The van der Waals surface area contributed by atoms with Crippen LogP contribution in [-0.4, -0.2) is 17.1 Å². The van der Waals surface area contributed by atoms with E-state index < -0.39 is 6.10 Å². The largest absolute Gasteiger partial charge is 0.387 e. The molecule has 0 saturated carbocycles. The molecule has 0 spiro atoms. The summed E-state index contributed by atoms with van der Waals surface area (Å²) >= 11 is 0. The number of anilines is 2. The van der Waals surface area contributed by atoms with Gasteiger partial charge in [-0.15, -0.1) is 0 Å². The van der Waals surface area contributed by atoms with E-state index in [1.54, 1.807) is 13.1 Å². The van der Waals surface area contributed by atoms with Crippen LogP contribution in [0.5, 0.6) is 0 Å². The number of hydrogen-bond donors (Lipinski definition) is 1. The Hall–Kier alpha value is -1.87. The maximum Gasteiger partial charge on any atom is 0.0931 e. The number of rotatable bonds is 3. The highest BCUT2D eigenvalue weighted by molar-refractivity contribution is 5.61. The average Bonchev–Trinajstić information content (AvgIpc) is 2.39. The van der Waals surface area contributed by atoms with Crippen LogP contribution in [-0.2, 0) is 0 Å². The summed E-state index contributed by atoms with van der Waals surface area (Å²) in [6.07, 6.45) is 1.26. The Morgan fingerprint density at radius 1 is 1.06 bits per heavy atom. The fourth-order valence-corrected chi connectivity index (χ4v) is 1.76. The lowest BCUT2D eigenvalue weighted by Gasteiger charge is -2.19. The van der Waals surface area contributed by atoms with Crippen molar-refractivity contribution < 1.29 is 5.11 Å². The highest BCUT2D eigenvalue weighted by Gasteiger charge is 2.06. The first-order valence-corrected chi connectivity index (χ1v) is 6.02. The molecule has 0 saturated heterocycles. The van der Waals surface area contributed by atoms with Crippen molar-refractivity contribution in [1.29, 1.82) is 0 Å². The number of aromatic nitrogens is 1. The van der Waals surface area contributed by atoms with Gasteiger partial charge in [-0.25, -0.2) is 0 Å². The van der Waals surface area contributed by atoms with E-state index in [1.807, 2.05) is 19.2 Å². The molecule has 0 aliphatic heterocycles. The van der Waals surface area contributed by atoms with Crippen LogP contribution in [0.3, 0.4) is 0 Å². The van der Waals surface area contributed by atoms with E-state index in [0.29, 0.717) is 5.69 Å². The Balaban J connectivity index is 2.23. The summed E-state index contributed by atoms with van der Waals surface area (Å²) in [6, 6.07) is 12.2. The van der Waals surface area contributed by atoms with Gasteiger partial charge in [0.05, 0.1) is 23.7 Å². The van der Waals surface area contributed by atoms with E-state index in [4.69, 9.17) is 0 Å². The van der Waals surface area contributed by atoms with Crippen LogP contribution in [0.4, 0.5) is 11.4 Å². The Morgan fingerprint density at radius 3 is 2.17 bits per heavy atom. The molecule has 94 valence electrons. The van der Waals surface area contributed by atoms with E-state index in [0.717, 1.165) is 11.4 Å². The SMILES string of the molecule is Cc1ccc(N(C)c2ccc(C(C)O)nc2)cc1. The quantitative estimate of drug-likeness (QED) is 0.897. The summed E-state index contributed by atoms with van der Waals surface area (Å²) < 4.78 is 0. The number of aliphatic hydroxyl groups is 1. The number of benzene rings is 1. The molecule has 3 nitrogen and oxygen atoms in total. The van der Waals surface area contributed by atoms with E-state index >= 15 is 0 Å². The number of pyridine rings is 1. The molecule has 1 heterocycles. The third-order valence-electron chi connectivity index (χ3n) is 3.01. The average molecular weight is 242 g/mol. The molecule has 1 aromatic heterocycles. The minimum atomic E-state index is -0.524. The molecule has 18 heavy (non-hydrogen) atoms. The van der Waals surface area contributed by atoms with Gasteiger partial charge in [-0.2, -0.15) is 0 Å². The second-order valence-corrected chi connectivity index (χ2v) is 4.51. The zero-order valence-electron chi connectivity index (χ0n) is 11.0. The van der Waals surface area contributed by atoms with Crippen LogP contribution < -0.4 is 4.90 Å². The summed E-state index contributed by atoms with van der Waals surface area (Å²) in [7, 11) is 2.00. The maximum atomic E-state index is 9.42. The van der Waals surface area contributed by atoms with Gasteiger partial charge in [0, 0.05) is 12.7 Å². The van der Waals surface area contributed by atoms with E-state index in [1.165, 1.54) is 5.56 Å². The van der Waals surface area contributed by atoms with E-state index in [-0.39, 0.29) is 0 Å². The molecule has 0 bridgehead atoms. The van der Waals surface area contributed by atoms with Gasteiger partial charge in [-0.3, -0.25) is 4.98 Å². The summed E-state index contributed by atoms with van der Waals surface area (Å²) in [5.74, 6) is 0. The molecule has 3 heteroatoms. The molecule has 0 radical (unpaired) electrons. The molecule has 1 aromatic carbocycles. The molecule has 0 fully saturated rings. The minimum Gasteiger partial charge on any atom is -0.387 e. The lowest BCUT2D eigenvalue weighted by Crippen LogP contribution is -2.10. The molecular weight excluding hydrogens is 224 g/mol. The third kappa shape index (κ3) is 2.68. The van der Waals surface area contributed by atoms with Crippen molar-refractivity contribution in [2.24, 2.45) is 0 Å². The lowest BCUT2D eigenvalue weighted by molar-refractivity contribution is 0.194. The van der Waals surface area contributed by atoms with Gasteiger partial charge in [0.25, 0.3) is 0 Å². The molecule has 2 rings (SSSR count). The molecule has 1 atom stereocenters. The highest BCUT2D eigenvalue weighted by Crippen LogP contribution is 2.23. The first-order chi connectivity index (χ1) is 8.58. The Labute approximate surface area is 108 Å². The van der Waals surface area contributed by atoms with Crippen LogP contribution in [0.15, 0.2) is 42.6 Å². The topological polar surface area (TPSA) is 36.4 Å². The van der Waals surface area contributed by atoms with Crippen molar-refractivity contribution in [3.8, 4) is 0 Å². The fourth-order valence-electron chi connectivity index (χ4n) is 1.76. The van der Waals surface area contributed by atoms with Crippen molar-refractivity contribution in [3.63, 3.8) is 0 Å². The Morgan fingerprint density at radius 2 is 1.67 bits per heavy atom. The first-order valence-electron chi connectivity index (χ1n) is 6.02. The van der Waals surface area contributed by atoms with Crippen LogP contribution in [0.1, 0.15) is 24.3 Å². The molecular formula is C15H18N2O. The maximum absolute atomic E-state index is 9.42. The molecule has 1 N–H and O–H groups in total. The van der Waals surface area contributed by atoms with Crippen molar-refractivity contribution in [1.82, 2.24) is 4.98 Å². The smallest absolute Gasteiger partial charge is 0.0931 e. The third-order valence-corrected chi connectivity index (χ3v) is 3.01. The molecule has 0 aliphatic rings. The van der Waals surface area contributed by atoms with Gasteiger partial charge in [0.15, 0.2) is 0 Å². The number of hydrogen-bond acceptors (Lipinski definition) is 3. The van der Waals surface area contributed by atoms with Crippen LogP contribution in [0.2, 0.25) is 0 Å². The number of aryl methyl sites for hydroxylation is 1. The van der Waals surface area contributed by atoms with Gasteiger partial charge in [0.1, 0.15) is 0 Å². The van der Waals surface area contributed by atoms with Gasteiger partial charge >= 0.3 is 0 Å². The fraction of sp³-hybridized carbons (Fsp3) is 0.267. The monoisotopic (exact) mass is 242 g/mol. The van der Waals surface area contributed by atoms with Crippen molar-refractivity contribution in [2.45, 2.75) is 20.0 Å². The van der Waals surface area contributed by atoms with Gasteiger partial charge < -0.3 is 10.0 Å². The van der Waals surface area contributed by atoms with E-state index in [9.17, 15) is 5.11 Å². The minimum absolute atomic E-state index is 0.524. The highest BCUT2D eigenvalue weighted by atomic mass is 16.3. The van der Waals surface area contributed by atoms with Crippen molar-refractivity contribution in [2.75, 3.05) is 11.9 Å². The summed E-state index contributed by atoms with van der Waals surface area (Å²) in [6.45, 7) is 3.79. The van der Waals surface area contributed by atoms with Crippen molar-refractivity contribution >= 4 is 11.4 Å². The van der Waals surface area contributed by atoms with Gasteiger partial charge in [0.2, 0.25) is 0 Å². The van der Waals surface area contributed by atoms with Gasteiger partial charge in [-0.1, -0.05) is 17.7 Å². The van der Waals surface area contributed by atoms with Crippen LogP contribution in [0, 0.1) is 6.92 Å². The van der Waals surface area contributed by atoms with Crippen molar-refractivity contribution in [3.05, 3.63) is 53.9 Å². The Bertz CT molecular complexity index is 503. The summed E-state index contributed by atoms with van der Waals surface area (Å²) in [5, 5.41) is 9.42. The molecule has 1 unspecified atom stereocenters.